The molecular formula is C25H22N2O5. The SMILES string of the molecule is Cc1ccc(C)c(CN2C(=O)[C@@](O)(CC(=O)c3cccc([N+](=O)[O-])c3)c3ccccc32)c1. The molecule has 0 unspecified atom stereocenters. The Kier molecular flexibility index (Phi) is 5.36. The van der Waals surface area contributed by atoms with Crippen molar-refractivity contribution in [2.45, 2.75) is 32.4 Å². The monoisotopic (exact) mass is 430 g/mol. The predicted molar refractivity (Wildman–Crippen MR) is 119 cm³/mol. The fourth-order valence-corrected chi connectivity index (χ4v) is 4.10. The number of benzene rings is 3. The van der Waals surface area contributed by atoms with Crippen LogP contribution in [-0.4, -0.2) is 21.7 Å². The minimum atomic E-state index is -2.05. The van der Waals surface area contributed by atoms with E-state index < -0.39 is 28.6 Å². The Balaban J connectivity index is 1.69. The number of nitro groups is 1. The van der Waals surface area contributed by atoms with Gasteiger partial charge in [0.05, 0.1) is 23.6 Å². The molecule has 1 atom stereocenters. The van der Waals surface area contributed by atoms with E-state index in [-0.39, 0.29) is 17.8 Å². The highest BCUT2D eigenvalue weighted by Gasteiger charge is 2.50. The molecule has 162 valence electrons. The average Bonchev–Trinajstić information content (AvgIpc) is 2.98. The Morgan fingerprint density at radius 3 is 2.56 bits per heavy atom. The van der Waals surface area contributed by atoms with Crippen molar-refractivity contribution in [3.05, 3.63) is 105 Å². The lowest BCUT2D eigenvalue weighted by atomic mass is 9.88. The predicted octanol–water partition coefficient (Wildman–Crippen LogP) is 4.22. The highest BCUT2D eigenvalue weighted by Crippen LogP contribution is 2.43. The second-order valence-corrected chi connectivity index (χ2v) is 8.11. The number of hydrogen-bond acceptors (Lipinski definition) is 5. The van der Waals surface area contributed by atoms with Crippen LogP contribution in [0.25, 0.3) is 0 Å². The number of nitrogens with zero attached hydrogens (tertiary/aromatic N) is 2. The van der Waals surface area contributed by atoms with E-state index in [1.165, 1.54) is 23.1 Å². The Morgan fingerprint density at radius 1 is 1.06 bits per heavy atom. The molecule has 1 heterocycles. The molecule has 0 aromatic heterocycles. The van der Waals surface area contributed by atoms with Gasteiger partial charge in [0.15, 0.2) is 11.4 Å². The quantitative estimate of drug-likeness (QED) is 0.358. The van der Waals surface area contributed by atoms with Crippen molar-refractivity contribution >= 4 is 23.1 Å². The minimum absolute atomic E-state index is 0.0749. The third-order valence-electron chi connectivity index (χ3n) is 5.87. The number of para-hydroxylation sites is 1. The molecule has 0 bridgehead atoms. The lowest BCUT2D eigenvalue weighted by Crippen LogP contribution is -2.41. The van der Waals surface area contributed by atoms with E-state index in [9.17, 15) is 24.8 Å². The molecule has 0 radical (unpaired) electrons. The van der Waals surface area contributed by atoms with Crippen molar-refractivity contribution < 1.29 is 19.6 Å². The van der Waals surface area contributed by atoms with Gasteiger partial charge in [-0.2, -0.15) is 0 Å². The molecule has 0 aliphatic carbocycles. The van der Waals surface area contributed by atoms with Gasteiger partial charge in [0.2, 0.25) is 0 Å². The number of hydrogen-bond donors (Lipinski definition) is 1. The molecule has 1 aliphatic heterocycles. The third-order valence-corrected chi connectivity index (χ3v) is 5.87. The van der Waals surface area contributed by atoms with Crippen LogP contribution in [0.3, 0.4) is 0 Å². The highest BCUT2D eigenvalue weighted by molar-refractivity contribution is 6.10. The van der Waals surface area contributed by atoms with Crippen molar-refractivity contribution in [2.75, 3.05) is 4.90 Å². The molecule has 0 spiro atoms. The van der Waals surface area contributed by atoms with E-state index in [0.717, 1.165) is 22.8 Å². The number of rotatable bonds is 6. The summed E-state index contributed by atoms with van der Waals surface area (Å²) in [4.78, 5) is 38.3. The lowest BCUT2D eigenvalue weighted by molar-refractivity contribution is -0.384. The molecule has 0 saturated carbocycles. The maximum atomic E-state index is 13.4. The zero-order valence-electron chi connectivity index (χ0n) is 17.7. The van der Waals surface area contributed by atoms with Gasteiger partial charge in [-0.05, 0) is 31.0 Å². The van der Waals surface area contributed by atoms with E-state index in [1.807, 2.05) is 32.0 Å². The zero-order chi connectivity index (χ0) is 23.0. The lowest BCUT2D eigenvalue weighted by Gasteiger charge is -2.23. The second-order valence-electron chi connectivity index (χ2n) is 8.11. The minimum Gasteiger partial charge on any atom is -0.375 e. The summed E-state index contributed by atoms with van der Waals surface area (Å²) in [5.74, 6) is -1.13. The van der Waals surface area contributed by atoms with Crippen LogP contribution in [0.4, 0.5) is 11.4 Å². The van der Waals surface area contributed by atoms with Gasteiger partial charge in [-0.3, -0.25) is 19.7 Å². The van der Waals surface area contributed by atoms with Gasteiger partial charge < -0.3 is 10.0 Å². The van der Waals surface area contributed by atoms with Crippen LogP contribution < -0.4 is 4.90 Å². The van der Waals surface area contributed by atoms with Gasteiger partial charge in [-0.15, -0.1) is 0 Å². The normalized spacial score (nSPS) is 17.3. The maximum Gasteiger partial charge on any atom is 0.270 e. The van der Waals surface area contributed by atoms with Gasteiger partial charge in [0.1, 0.15) is 0 Å². The number of non-ortho nitro benzene ring substituents is 1. The number of aliphatic hydroxyl groups is 1. The molecule has 1 amide bonds. The Labute approximate surface area is 185 Å². The van der Waals surface area contributed by atoms with Gasteiger partial charge in [0, 0.05) is 23.3 Å². The molecule has 3 aromatic carbocycles. The van der Waals surface area contributed by atoms with Crippen LogP contribution in [0, 0.1) is 24.0 Å². The first kappa shape index (κ1) is 21.4. The molecule has 3 aromatic rings. The number of anilines is 1. The maximum absolute atomic E-state index is 13.4. The fourth-order valence-electron chi connectivity index (χ4n) is 4.10. The van der Waals surface area contributed by atoms with E-state index in [0.29, 0.717) is 11.3 Å². The smallest absolute Gasteiger partial charge is 0.270 e. The second kappa shape index (κ2) is 8.01. The topological polar surface area (TPSA) is 101 Å². The van der Waals surface area contributed by atoms with Crippen molar-refractivity contribution in [1.82, 2.24) is 0 Å². The van der Waals surface area contributed by atoms with Crippen molar-refractivity contribution in [3.8, 4) is 0 Å². The summed E-state index contributed by atoms with van der Waals surface area (Å²) >= 11 is 0. The summed E-state index contributed by atoms with van der Waals surface area (Å²) in [6.07, 6.45) is -0.507. The largest absolute Gasteiger partial charge is 0.375 e. The van der Waals surface area contributed by atoms with E-state index in [4.69, 9.17) is 0 Å². The van der Waals surface area contributed by atoms with Gasteiger partial charge >= 0.3 is 0 Å². The number of amides is 1. The van der Waals surface area contributed by atoms with Crippen LogP contribution in [0.5, 0.6) is 0 Å². The number of nitro benzene ring substituents is 1. The first-order valence-corrected chi connectivity index (χ1v) is 10.2. The first-order valence-electron chi connectivity index (χ1n) is 10.2. The number of Topliss-reactive ketones (excluding diaryl/α,β-unsaturated/α-hetero) is 1. The van der Waals surface area contributed by atoms with Crippen molar-refractivity contribution in [3.63, 3.8) is 0 Å². The number of aryl methyl sites for hydroxylation is 2. The van der Waals surface area contributed by atoms with Crippen LogP contribution in [0.2, 0.25) is 0 Å². The Bertz CT molecular complexity index is 1250. The molecule has 1 aliphatic rings. The van der Waals surface area contributed by atoms with Gasteiger partial charge in [0.25, 0.3) is 11.6 Å². The molecule has 7 nitrogen and oxygen atoms in total. The van der Waals surface area contributed by atoms with Crippen molar-refractivity contribution in [2.24, 2.45) is 0 Å². The molecule has 0 fully saturated rings. The van der Waals surface area contributed by atoms with E-state index in [1.54, 1.807) is 24.3 Å². The molecule has 0 saturated heterocycles. The summed E-state index contributed by atoms with van der Waals surface area (Å²) in [6.45, 7) is 4.19. The fraction of sp³-hybridized carbons (Fsp3) is 0.200. The average molecular weight is 430 g/mol. The number of fused-ring (bicyclic) bond motifs is 1. The zero-order valence-corrected chi connectivity index (χ0v) is 17.7. The van der Waals surface area contributed by atoms with E-state index in [2.05, 4.69) is 0 Å². The number of ketones is 1. The Hall–Kier alpha value is -3.84. The molecule has 4 rings (SSSR count). The van der Waals surface area contributed by atoms with Gasteiger partial charge in [-0.1, -0.05) is 54.1 Å². The summed E-state index contributed by atoms with van der Waals surface area (Å²) in [5, 5.41) is 22.5. The summed E-state index contributed by atoms with van der Waals surface area (Å²) < 4.78 is 0. The van der Waals surface area contributed by atoms with Crippen LogP contribution >= 0.6 is 0 Å². The Morgan fingerprint density at radius 2 is 1.81 bits per heavy atom. The van der Waals surface area contributed by atoms with E-state index >= 15 is 0 Å². The molecule has 32 heavy (non-hydrogen) atoms. The van der Waals surface area contributed by atoms with Crippen LogP contribution in [-0.2, 0) is 16.9 Å². The summed E-state index contributed by atoms with van der Waals surface area (Å²) in [6, 6.07) is 18.1. The molecule has 1 N–H and O–H groups in total. The van der Waals surface area contributed by atoms with Crippen LogP contribution in [0.15, 0.2) is 66.7 Å². The van der Waals surface area contributed by atoms with Crippen LogP contribution in [0.1, 0.15) is 39.0 Å². The molecule has 7 heteroatoms. The molecular weight excluding hydrogens is 408 g/mol. The summed E-state index contributed by atoms with van der Waals surface area (Å²) in [5.41, 5.74) is 1.73. The highest BCUT2D eigenvalue weighted by atomic mass is 16.6. The van der Waals surface area contributed by atoms with Gasteiger partial charge in [-0.25, -0.2) is 0 Å². The standard InChI is InChI=1S/C25H22N2O5/c1-16-10-11-17(2)19(12-16)15-26-22-9-4-3-8-21(22)25(30,24(26)29)14-23(28)18-6-5-7-20(13-18)27(31)32/h3-13,30H,14-15H2,1-2H3/t25-/m1/s1. The van der Waals surface area contributed by atoms with Crippen molar-refractivity contribution in [1.29, 1.82) is 0 Å². The number of carbonyl (C=O) groups excluding carboxylic acids is 2. The summed E-state index contributed by atoms with van der Waals surface area (Å²) in [7, 11) is 0. The number of carbonyl (C=O) groups is 2. The first-order chi connectivity index (χ1) is 15.2. The third kappa shape index (κ3) is 3.67.